The lowest BCUT2D eigenvalue weighted by Gasteiger charge is -2.21. The second-order valence-corrected chi connectivity index (χ2v) is 7.53. The fourth-order valence-electron chi connectivity index (χ4n) is 2.91. The molecule has 0 aliphatic carbocycles. The molecule has 0 bridgehead atoms. The van der Waals surface area contributed by atoms with E-state index in [2.05, 4.69) is 51.3 Å². The van der Waals surface area contributed by atoms with Crippen LogP contribution in [0.25, 0.3) is 0 Å². The van der Waals surface area contributed by atoms with E-state index in [0.717, 1.165) is 0 Å². The molecule has 3 N–H and O–H groups in total. The van der Waals surface area contributed by atoms with Gasteiger partial charge < -0.3 is 25.1 Å². The Kier molecular flexibility index (Phi) is 35.5. The Morgan fingerprint density at radius 3 is 0.833 bits per heavy atom. The molecule has 0 heterocycles. The Morgan fingerprint density at radius 1 is 0.400 bits per heavy atom. The maximum absolute atomic E-state index is 8.48. The maximum Gasteiger partial charge on any atom is 0.0558 e. The highest BCUT2D eigenvalue weighted by Crippen LogP contribution is 2.01. The summed E-state index contributed by atoms with van der Waals surface area (Å²) in [5, 5.41) is 25.5. The van der Waals surface area contributed by atoms with Gasteiger partial charge in [0.25, 0.3) is 0 Å². The number of hydrogen-bond acceptors (Lipinski definition) is 6. The van der Waals surface area contributed by atoms with Crippen LogP contribution in [0, 0.1) is 0 Å². The van der Waals surface area contributed by atoms with Crippen LogP contribution in [0.5, 0.6) is 0 Å². The van der Waals surface area contributed by atoms with Gasteiger partial charge in [0.1, 0.15) is 0 Å². The average Bonchev–Trinajstić information content (AvgIpc) is 2.76. The van der Waals surface area contributed by atoms with Crippen molar-refractivity contribution in [1.29, 1.82) is 0 Å². The Labute approximate surface area is 189 Å². The van der Waals surface area contributed by atoms with Gasteiger partial charge in [-0.1, -0.05) is 60.8 Å². The summed E-state index contributed by atoms with van der Waals surface area (Å²) in [5.41, 5.74) is 0. The van der Waals surface area contributed by atoms with E-state index < -0.39 is 0 Å². The Balaban J connectivity index is -0.000000383. The summed E-state index contributed by atoms with van der Waals surface area (Å²) in [4.78, 5) is 6.80. The van der Waals surface area contributed by atoms with Crippen LogP contribution in [-0.4, -0.2) is 109 Å². The normalized spacial score (nSPS) is 10.8. The molecule has 6 nitrogen and oxygen atoms in total. The predicted molar refractivity (Wildman–Crippen MR) is 132 cm³/mol. The summed E-state index contributed by atoms with van der Waals surface area (Å²) in [6.07, 6.45) is 8.09. The lowest BCUT2D eigenvalue weighted by atomic mass is 10.2. The molecular formula is C24H57N3O3. The van der Waals surface area contributed by atoms with Crippen LogP contribution >= 0.6 is 0 Å². The molecule has 0 amide bonds. The maximum atomic E-state index is 8.48. The second kappa shape index (κ2) is 30.9. The number of aliphatic hydroxyl groups excluding tert-OH is 3. The number of unbranched alkanes of at least 4 members (excludes halogenated alkanes) is 3. The first kappa shape index (κ1) is 34.4. The molecule has 30 heavy (non-hydrogen) atoms. The topological polar surface area (TPSA) is 70.4 Å². The van der Waals surface area contributed by atoms with Crippen molar-refractivity contribution in [2.75, 3.05) is 78.7 Å². The first-order valence-electron chi connectivity index (χ1n) is 12.5. The summed E-state index contributed by atoms with van der Waals surface area (Å²) in [5.74, 6) is 0. The number of hydrogen-bond donors (Lipinski definition) is 3. The van der Waals surface area contributed by atoms with E-state index >= 15 is 0 Å². The standard InChI is InChI=1S/C12H27N.C6H15NO3.C6H15N/c1-4-7-10-13(11-8-5-2)12-9-6-3;8-4-1-7(2-5-9)3-6-10;1-4-7(5-2)6-3/h4-12H2,1-3H3;8-10H,1-6H2;4-6H2,1-3H3. The van der Waals surface area contributed by atoms with E-state index in [-0.39, 0.29) is 19.8 Å². The van der Waals surface area contributed by atoms with E-state index in [0.29, 0.717) is 19.6 Å². The third-order valence-electron chi connectivity index (χ3n) is 5.07. The molecule has 0 rings (SSSR count). The molecule has 0 aliphatic rings. The van der Waals surface area contributed by atoms with Gasteiger partial charge in [-0.2, -0.15) is 0 Å². The van der Waals surface area contributed by atoms with Crippen LogP contribution < -0.4 is 0 Å². The summed E-state index contributed by atoms with van der Waals surface area (Å²) < 4.78 is 0. The minimum Gasteiger partial charge on any atom is -0.395 e. The third kappa shape index (κ3) is 27.8. The van der Waals surface area contributed by atoms with Crippen molar-refractivity contribution >= 4 is 0 Å². The molecule has 0 saturated carbocycles. The van der Waals surface area contributed by atoms with Crippen molar-refractivity contribution in [3.63, 3.8) is 0 Å². The van der Waals surface area contributed by atoms with E-state index in [9.17, 15) is 0 Å². The van der Waals surface area contributed by atoms with Crippen LogP contribution in [0.2, 0.25) is 0 Å². The first-order valence-corrected chi connectivity index (χ1v) is 12.5. The zero-order valence-corrected chi connectivity index (χ0v) is 21.4. The van der Waals surface area contributed by atoms with Gasteiger partial charge in [-0.15, -0.1) is 0 Å². The summed E-state index contributed by atoms with van der Waals surface area (Å²) in [6.45, 7) is 22.7. The van der Waals surface area contributed by atoms with Crippen LogP contribution in [0.3, 0.4) is 0 Å². The molecule has 0 atom stereocenters. The summed E-state index contributed by atoms with van der Waals surface area (Å²) in [7, 11) is 0. The van der Waals surface area contributed by atoms with Gasteiger partial charge in [0.05, 0.1) is 19.8 Å². The molecule has 0 aromatic heterocycles. The van der Waals surface area contributed by atoms with Gasteiger partial charge in [-0.3, -0.25) is 4.90 Å². The number of rotatable bonds is 18. The SMILES string of the molecule is CCCCN(CCCC)CCCC.CCN(CC)CC.OCCN(CCO)CCO. The molecule has 0 aliphatic heterocycles. The molecule has 0 aromatic carbocycles. The minimum absolute atomic E-state index is 0.0694. The van der Waals surface area contributed by atoms with Crippen molar-refractivity contribution in [3.8, 4) is 0 Å². The highest BCUT2D eigenvalue weighted by molar-refractivity contribution is 4.57. The average molecular weight is 436 g/mol. The molecule has 0 spiro atoms. The molecule has 0 radical (unpaired) electrons. The lowest BCUT2D eigenvalue weighted by Crippen LogP contribution is -2.32. The van der Waals surface area contributed by atoms with Crippen LogP contribution in [0.4, 0.5) is 0 Å². The minimum atomic E-state index is 0.0694. The molecule has 6 heteroatoms. The molecule has 0 aromatic rings. The summed E-state index contributed by atoms with van der Waals surface area (Å²) in [6, 6.07) is 0. The van der Waals surface area contributed by atoms with Crippen molar-refractivity contribution in [3.05, 3.63) is 0 Å². The van der Waals surface area contributed by atoms with Gasteiger partial charge in [-0.05, 0) is 58.5 Å². The van der Waals surface area contributed by atoms with Gasteiger partial charge in [-0.25, -0.2) is 0 Å². The van der Waals surface area contributed by atoms with Crippen molar-refractivity contribution < 1.29 is 15.3 Å². The largest absolute Gasteiger partial charge is 0.395 e. The van der Waals surface area contributed by atoms with E-state index in [1.54, 1.807) is 4.90 Å². The fourth-order valence-corrected chi connectivity index (χ4v) is 2.91. The van der Waals surface area contributed by atoms with Crippen LogP contribution in [0.15, 0.2) is 0 Å². The fraction of sp³-hybridized carbons (Fsp3) is 1.00. The Bertz CT molecular complexity index is 242. The van der Waals surface area contributed by atoms with E-state index in [4.69, 9.17) is 15.3 Å². The van der Waals surface area contributed by atoms with Crippen LogP contribution in [-0.2, 0) is 0 Å². The van der Waals surface area contributed by atoms with Crippen molar-refractivity contribution in [1.82, 2.24) is 14.7 Å². The zero-order valence-electron chi connectivity index (χ0n) is 21.4. The monoisotopic (exact) mass is 435 g/mol. The molecule has 0 unspecified atom stereocenters. The molecule has 0 fully saturated rings. The van der Waals surface area contributed by atoms with Gasteiger partial charge in [0.15, 0.2) is 0 Å². The zero-order chi connectivity index (χ0) is 23.5. The van der Waals surface area contributed by atoms with Gasteiger partial charge in [0, 0.05) is 19.6 Å². The summed E-state index contributed by atoms with van der Waals surface area (Å²) >= 11 is 0. The second-order valence-electron chi connectivity index (χ2n) is 7.53. The lowest BCUT2D eigenvalue weighted by molar-refractivity contribution is 0.136. The molecular weight excluding hydrogens is 378 g/mol. The van der Waals surface area contributed by atoms with Crippen molar-refractivity contribution in [2.24, 2.45) is 0 Å². The predicted octanol–water partition coefficient (Wildman–Crippen LogP) is 3.30. The number of nitrogens with zero attached hydrogens (tertiary/aromatic N) is 3. The van der Waals surface area contributed by atoms with Crippen molar-refractivity contribution in [2.45, 2.75) is 80.1 Å². The molecule has 0 saturated heterocycles. The Hall–Kier alpha value is -0.240. The van der Waals surface area contributed by atoms with E-state index in [1.807, 2.05) is 0 Å². The number of aliphatic hydroxyl groups is 3. The highest BCUT2D eigenvalue weighted by Gasteiger charge is 2.02. The van der Waals surface area contributed by atoms with E-state index in [1.165, 1.54) is 77.8 Å². The quantitative estimate of drug-likeness (QED) is 0.307. The third-order valence-corrected chi connectivity index (χ3v) is 5.07. The van der Waals surface area contributed by atoms with Crippen LogP contribution in [0.1, 0.15) is 80.1 Å². The smallest absolute Gasteiger partial charge is 0.0558 e. The van der Waals surface area contributed by atoms with Gasteiger partial charge in [0.2, 0.25) is 0 Å². The first-order chi connectivity index (χ1) is 14.5. The molecule has 186 valence electrons. The highest BCUT2D eigenvalue weighted by atomic mass is 16.3. The van der Waals surface area contributed by atoms with Gasteiger partial charge >= 0.3 is 0 Å². The Morgan fingerprint density at radius 2 is 0.667 bits per heavy atom.